The Morgan fingerprint density at radius 2 is 2.05 bits per heavy atom. The molecule has 0 bridgehead atoms. The van der Waals surface area contributed by atoms with Crippen LogP contribution in [0.15, 0.2) is 18.2 Å². The van der Waals surface area contributed by atoms with E-state index in [0.29, 0.717) is 12.1 Å². The average molecular weight is 297 g/mol. The summed E-state index contributed by atoms with van der Waals surface area (Å²) < 4.78 is 55.5. The van der Waals surface area contributed by atoms with Gasteiger partial charge in [-0.05, 0) is 25.1 Å². The van der Waals surface area contributed by atoms with Crippen LogP contribution in [0.4, 0.5) is 17.6 Å². The highest BCUT2D eigenvalue weighted by Crippen LogP contribution is 2.33. The van der Waals surface area contributed by atoms with Crippen molar-refractivity contribution < 1.29 is 27.1 Å². The lowest BCUT2D eigenvalue weighted by Crippen LogP contribution is -2.06. The number of carbonyl (C=O) groups excluding carboxylic acids is 1. The number of carbonyl (C=O) groups is 1. The number of hydrogen-bond acceptors (Lipinski definition) is 2. The first-order valence-corrected chi connectivity index (χ1v) is 5.54. The minimum atomic E-state index is -4.65. The Bertz CT molecular complexity index is 509. The van der Waals surface area contributed by atoms with Gasteiger partial charge >= 0.3 is 12.1 Å². The molecule has 1 rings (SSSR count). The van der Waals surface area contributed by atoms with Crippen LogP contribution in [0.25, 0.3) is 6.08 Å². The van der Waals surface area contributed by atoms with Crippen molar-refractivity contribution in [1.29, 1.82) is 0 Å². The summed E-state index contributed by atoms with van der Waals surface area (Å²) >= 11 is 5.38. The molecule has 0 N–H and O–H groups in total. The molecule has 0 saturated heterocycles. The van der Waals surface area contributed by atoms with E-state index < -0.39 is 34.1 Å². The predicted molar refractivity (Wildman–Crippen MR) is 62.1 cm³/mol. The summed E-state index contributed by atoms with van der Waals surface area (Å²) in [7, 11) is 0. The van der Waals surface area contributed by atoms with Crippen LogP contribution < -0.4 is 0 Å². The van der Waals surface area contributed by atoms with E-state index in [2.05, 4.69) is 4.74 Å². The van der Waals surface area contributed by atoms with Gasteiger partial charge in [-0.3, -0.25) is 0 Å². The van der Waals surface area contributed by atoms with E-state index in [1.54, 1.807) is 6.92 Å². The van der Waals surface area contributed by atoms with Crippen LogP contribution in [0.5, 0.6) is 0 Å². The standard InChI is InChI=1S/C12H9ClF4O2/c1-2-19-10(18)4-3-7-5-8(12(15,16)17)6-9(13)11(7)14/h3-6H,2H2,1H3. The second-order valence-electron chi connectivity index (χ2n) is 3.44. The highest BCUT2D eigenvalue weighted by atomic mass is 35.5. The molecule has 0 heterocycles. The monoisotopic (exact) mass is 296 g/mol. The van der Waals surface area contributed by atoms with Crippen LogP contribution in [-0.2, 0) is 15.7 Å². The molecule has 0 amide bonds. The fourth-order valence-corrected chi connectivity index (χ4v) is 1.47. The molecule has 1 aromatic carbocycles. The van der Waals surface area contributed by atoms with Crippen molar-refractivity contribution in [2.24, 2.45) is 0 Å². The van der Waals surface area contributed by atoms with Gasteiger partial charge in [-0.2, -0.15) is 13.2 Å². The highest BCUT2D eigenvalue weighted by molar-refractivity contribution is 6.31. The van der Waals surface area contributed by atoms with Crippen LogP contribution in [0.2, 0.25) is 5.02 Å². The Morgan fingerprint density at radius 3 is 2.58 bits per heavy atom. The molecule has 0 aliphatic rings. The number of hydrogen-bond donors (Lipinski definition) is 0. The lowest BCUT2D eigenvalue weighted by molar-refractivity contribution is -0.138. The fraction of sp³-hybridized carbons (Fsp3) is 0.250. The number of benzene rings is 1. The molecule has 0 aromatic heterocycles. The minimum absolute atomic E-state index is 0.106. The largest absolute Gasteiger partial charge is 0.463 e. The van der Waals surface area contributed by atoms with Crippen molar-refractivity contribution in [2.45, 2.75) is 13.1 Å². The summed E-state index contributed by atoms with van der Waals surface area (Å²) in [6.07, 6.45) is -2.93. The van der Waals surface area contributed by atoms with Gasteiger partial charge in [0.25, 0.3) is 0 Å². The summed E-state index contributed by atoms with van der Waals surface area (Å²) in [4.78, 5) is 11.0. The molecule has 0 aliphatic carbocycles. The van der Waals surface area contributed by atoms with Crippen LogP contribution in [0.3, 0.4) is 0 Å². The Hall–Kier alpha value is -1.56. The Labute approximate surface area is 111 Å². The van der Waals surface area contributed by atoms with Gasteiger partial charge in [-0.25, -0.2) is 9.18 Å². The second kappa shape index (κ2) is 6.06. The predicted octanol–water partition coefficient (Wildman–Crippen LogP) is 4.07. The molecule has 104 valence electrons. The first-order valence-electron chi connectivity index (χ1n) is 5.16. The molecule has 0 spiro atoms. The van der Waals surface area contributed by atoms with Crippen molar-refractivity contribution in [3.63, 3.8) is 0 Å². The number of ether oxygens (including phenoxy) is 1. The molecule has 0 aliphatic heterocycles. The molecule has 0 radical (unpaired) electrons. The van der Waals surface area contributed by atoms with Crippen molar-refractivity contribution in [2.75, 3.05) is 6.61 Å². The Balaban J connectivity index is 3.13. The Morgan fingerprint density at radius 1 is 1.42 bits per heavy atom. The van der Waals surface area contributed by atoms with Gasteiger partial charge in [0.15, 0.2) is 0 Å². The van der Waals surface area contributed by atoms with Gasteiger partial charge in [0.2, 0.25) is 0 Å². The first-order chi connectivity index (χ1) is 8.75. The fourth-order valence-electron chi connectivity index (χ4n) is 1.24. The third-order valence-corrected chi connectivity index (χ3v) is 2.34. The van der Waals surface area contributed by atoms with Crippen LogP contribution in [-0.4, -0.2) is 12.6 Å². The highest BCUT2D eigenvalue weighted by Gasteiger charge is 2.31. The molecule has 1 aromatic rings. The van der Waals surface area contributed by atoms with E-state index in [9.17, 15) is 22.4 Å². The number of rotatable bonds is 3. The zero-order chi connectivity index (χ0) is 14.6. The third-order valence-electron chi connectivity index (χ3n) is 2.07. The molecular formula is C12H9ClF4O2. The zero-order valence-corrected chi connectivity index (χ0v) is 10.5. The average Bonchev–Trinajstić information content (AvgIpc) is 2.30. The summed E-state index contributed by atoms with van der Waals surface area (Å²) in [6, 6.07) is 1.05. The molecule has 7 heteroatoms. The van der Waals surface area contributed by atoms with E-state index in [0.717, 1.165) is 12.2 Å². The summed E-state index contributed by atoms with van der Waals surface area (Å²) in [5.74, 6) is -1.81. The van der Waals surface area contributed by atoms with Crippen molar-refractivity contribution in [3.05, 3.63) is 40.2 Å². The normalized spacial score (nSPS) is 11.9. The van der Waals surface area contributed by atoms with Crippen molar-refractivity contribution >= 4 is 23.6 Å². The van der Waals surface area contributed by atoms with E-state index >= 15 is 0 Å². The summed E-state index contributed by atoms with van der Waals surface area (Å²) in [6.45, 7) is 1.67. The van der Waals surface area contributed by atoms with Gasteiger partial charge in [0, 0.05) is 11.6 Å². The Kier molecular flexibility index (Phi) is 4.94. The van der Waals surface area contributed by atoms with Gasteiger partial charge in [0.1, 0.15) is 5.82 Å². The van der Waals surface area contributed by atoms with Gasteiger partial charge < -0.3 is 4.74 Å². The molecule has 2 nitrogen and oxygen atoms in total. The minimum Gasteiger partial charge on any atom is -0.463 e. The maximum absolute atomic E-state index is 13.5. The molecule has 0 saturated carbocycles. The number of alkyl halides is 3. The van der Waals surface area contributed by atoms with Gasteiger partial charge in [-0.1, -0.05) is 11.6 Å². The summed E-state index contributed by atoms with van der Waals surface area (Å²) in [5, 5.41) is -0.668. The maximum Gasteiger partial charge on any atom is 0.416 e. The van der Waals surface area contributed by atoms with E-state index in [-0.39, 0.29) is 6.61 Å². The maximum atomic E-state index is 13.5. The van der Waals surface area contributed by atoms with Gasteiger partial charge in [-0.15, -0.1) is 0 Å². The van der Waals surface area contributed by atoms with Crippen molar-refractivity contribution in [3.8, 4) is 0 Å². The van der Waals surface area contributed by atoms with E-state index in [1.165, 1.54) is 0 Å². The summed E-state index contributed by atoms with van der Waals surface area (Å²) in [5.41, 5.74) is -1.53. The lowest BCUT2D eigenvalue weighted by Gasteiger charge is -2.09. The van der Waals surface area contributed by atoms with E-state index in [1.807, 2.05) is 0 Å². The molecule has 0 atom stereocenters. The SMILES string of the molecule is CCOC(=O)C=Cc1cc(C(F)(F)F)cc(Cl)c1F. The third kappa shape index (κ3) is 4.24. The molecular weight excluding hydrogens is 288 g/mol. The van der Waals surface area contributed by atoms with Crippen LogP contribution >= 0.6 is 11.6 Å². The lowest BCUT2D eigenvalue weighted by atomic mass is 10.1. The zero-order valence-electron chi connectivity index (χ0n) is 9.72. The number of halogens is 5. The quantitative estimate of drug-likeness (QED) is 0.477. The smallest absolute Gasteiger partial charge is 0.416 e. The number of esters is 1. The van der Waals surface area contributed by atoms with Crippen LogP contribution in [0, 0.1) is 5.82 Å². The topological polar surface area (TPSA) is 26.3 Å². The molecule has 0 fully saturated rings. The molecule has 0 unspecified atom stereocenters. The van der Waals surface area contributed by atoms with Crippen molar-refractivity contribution in [1.82, 2.24) is 0 Å². The molecule has 19 heavy (non-hydrogen) atoms. The van der Waals surface area contributed by atoms with Gasteiger partial charge in [0.05, 0.1) is 17.2 Å². The second-order valence-corrected chi connectivity index (χ2v) is 3.85. The van der Waals surface area contributed by atoms with E-state index in [4.69, 9.17) is 11.6 Å². The van der Waals surface area contributed by atoms with Crippen LogP contribution in [0.1, 0.15) is 18.1 Å². The first kappa shape index (κ1) is 15.5.